The Bertz CT molecular complexity index is 1170. The highest BCUT2D eigenvalue weighted by Gasteiger charge is 2.33. The van der Waals surface area contributed by atoms with Crippen LogP contribution >= 0.6 is 11.6 Å². The van der Waals surface area contributed by atoms with Crippen molar-refractivity contribution in [1.82, 2.24) is 9.31 Å². The number of nitrogens with zero attached hydrogens (tertiary/aromatic N) is 5. The lowest BCUT2D eigenvalue weighted by Crippen LogP contribution is -2.40. The van der Waals surface area contributed by atoms with Crippen molar-refractivity contribution in [2.24, 2.45) is 20.2 Å². The normalized spacial score (nSPS) is 20.7. The summed E-state index contributed by atoms with van der Waals surface area (Å²) in [5.41, 5.74) is 8.49. The third-order valence-electron chi connectivity index (χ3n) is 5.26. The molecule has 0 saturated carbocycles. The summed E-state index contributed by atoms with van der Waals surface area (Å²) in [5.74, 6) is -0.0272. The quantitative estimate of drug-likeness (QED) is 0.524. The zero-order valence-corrected chi connectivity index (χ0v) is 19.7. The first-order valence-electron chi connectivity index (χ1n) is 10.5. The van der Waals surface area contributed by atoms with Crippen molar-refractivity contribution in [2.75, 3.05) is 32.8 Å². The SMILES string of the molecule is C/C(N)=N/C(=N/S(=O)(=O)N1CCOCC1)N1CC(c2ccccc2)C(c2ccc(Cl)cc2)=N1. The van der Waals surface area contributed by atoms with E-state index in [9.17, 15) is 8.42 Å². The van der Waals surface area contributed by atoms with Gasteiger partial charge in [0.2, 0.25) is 0 Å². The predicted molar refractivity (Wildman–Crippen MR) is 130 cm³/mol. The van der Waals surface area contributed by atoms with E-state index in [0.717, 1.165) is 16.8 Å². The smallest absolute Gasteiger partial charge is 0.325 e. The fraction of sp³-hybridized carbons (Fsp3) is 0.318. The van der Waals surface area contributed by atoms with Crippen molar-refractivity contribution in [3.63, 3.8) is 0 Å². The molecule has 2 N–H and O–H groups in total. The van der Waals surface area contributed by atoms with Gasteiger partial charge in [-0.1, -0.05) is 54.1 Å². The number of morpholine rings is 1. The summed E-state index contributed by atoms with van der Waals surface area (Å²) in [5, 5.41) is 6.85. The average molecular weight is 489 g/mol. The van der Waals surface area contributed by atoms with Gasteiger partial charge in [0, 0.05) is 24.0 Å². The van der Waals surface area contributed by atoms with Gasteiger partial charge in [-0.25, -0.2) is 5.01 Å². The average Bonchev–Trinajstić information content (AvgIpc) is 3.25. The van der Waals surface area contributed by atoms with Crippen LogP contribution in [0.5, 0.6) is 0 Å². The highest BCUT2D eigenvalue weighted by atomic mass is 35.5. The first-order chi connectivity index (χ1) is 15.8. The van der Waals surface area contributed by atoms with Crippen LogP contribution in [0.2, 0.25) is 5.02 Å². The number of guanidine groups is 1. The summed E-state index contributed by atoms with van der Waals surface area (Å²) >= 11 is 6.07. The molecule has 1 saturated heterocycles. The molecule has 9 nitrogen and oxygen atoms in total. The number of aliphatic imine (C=N–C) groups is 1. The Hall–Kier alpha value is -2.79. The van der Waals surface area contributed by atoms with Crippen LogP contribution in [-0.4, -0.2) is 68.1 Å². The van der Waals surface area contributed by atoms with Gasteiger partial charge in [0.15, 0.2) is 0 Å². The minimum Gasteiger partial charge on any atom is -0.387 e. The van der Waals surface area contributed by atoms with Crippen LogP contribution in [0.4, 0.5) is 0 Å². The molecule has 0 amide bonds. The van der Waals surface area contributed by atoms with Crippen molar-refractivity contribution < 1.29 is 13.2 Å². The molecule has 0 spiro atoms. The lowest BCUT2D eigenvalue weighted by molar-refractivity contribution is 0.0730. The standard InChI is InChI=1S/C22H25ClN6O3S/c1-16(24)25-22(27-33(30,31)28-11-13-32-14-12-28)29-15-20(17-5-3-2-4-6-17)21(26-29)18-7-9-19(23)10-8-18/h2-10,20H,11-15H2,1H3,(H2,24,25,27). The second-order valence-corrected chi connectivity index (χ2v) is 9.70. The van der Waals surface area contributed by atoms with E-state index in [0.29, 0.717) is 24.8 Å². The summed E-state index contributed by atoms with van der Waals surface area (Å²) in [6, 6.07) is 17.2. The monoisotopic (exact) mass is 488 g/mol. The van der Waals surface area contributed by atoms with E-state index < -0.39 is 10.2 Å². The molecule has 174 valence electrons. The second kappa shape index (κ2) is 10.0. The Morgan fingerprint density at radius 2 is 1.79 bits per heavy atom. The Morgan fingerprint density at radius 3 is 2.42 bits per heavy atom. The molecule has 33 heavy (non-hydrogen) atoms. The molecule has 2 aromatic carbocycles. The second-order valence-electron chi connectivity index (χ2n) is 7.67. The minimum absolute atomic E-state index is 0.0774. The molecule has 0 aromatic heterocycles. The van der Waals surface area contributed by atoms with Crippen LogP contribution in [-0.2, 0) is 14.9 Å². The highest BCUT2D eigenvalue weighted by molar-refractivity contribution is 7.87. The van der Waals surface area contributed by atoms with Gasteiger partial charge in [-0.3, -0.25) is 0 Å². The van der Waals surface area contributed by atoms with Gasteiger partial charge in [0.1, 0.15) is 0 Å². The molecule has 1 atom stereocenters. The number of amidine groups is 1. The molecule has 11 heteroatoms. The predicted octanol–water partition coefficient (Wildman–Crippen LogP) is 2.45. The number of benzene rings is 2. The summed E-state index contributed by atoms with van der Waals surface area (Å²) < 4.78 is 36.5. The molecular formula is C22H25ClN6O3S. The first kappa shape index (κ1) is 23.4. The number of halogens is 1. The summed E-state index contributed by atoms with van der Waals surface area (Å²) in [4.78, 5) is 4.21. The molecule has 0 aliphatic carbocycles. The van der Waals surface area contributed by atoms with Crippen molar-refractivity contribution in [2.45, 2.75) is 12.8 Å². The maximum absolute atomic E-state index is 13.0. The Balaban J connectivity index is 1.75. The summed E-state index contributed by atoms with van der Waals surface area (Å²) in [6.45, 7) is 3.04. The molecule has 2 heterocycles. The summed E-state index contributed by atoms with van der Waals surface area (Å²) in [6.07, 6.45) is 0. The fourth-order valence-corrected chi connectivity index (χ4v) is 4.87. The van der Waals surface area contributed by atoms with E-state index in [1.165, 1.54) is 9.31 Å². The molecule has 0 bridgehead atoms. The van der Waals surface area contributed by atoms with Gasteiger partial charge in [0.25, 0.3) is 5.96 Å². The zero-order chi connectivity index (χ0) is 23.4. The van der Waals surface area contributed by atoms with E-state index in [4.69, 9.17) is 27.2 Å². The molecule has 0 radical (unpaired) electrons. The van der Waals surface area contributed by atoms with E-state index in [-0.39, 0.29) is 30.8 Å². The van der Waals surface area contributed by atoms with Crippen LogP contribution in [0, 0.1) is 0 Å². The van der Waals surface area contributed by atoms with Crippen LogP contribution < -0.4 is 5.73 Å². The van der Waals surface area contributed by atoms with Crippen molar-refractivity contribution in [3.05, 3.63) is 70.7 Å². The van der Waals surface area contributed by atoms with Crippen LogP contribution in [0.15, 0.2) is 69.1 Å². The van der Waals surface area contributed by atoms with E-state index >= 15 is 0 Å². The van der Waals surface area contributed by atoms with Gasteiger partial charge < -0.3 is 10.5 Å². The molecule has 4 rings (SSSR count). The van der Waals surface area contributed by atoms with E-state index in [1.54, 1.807) is 19.1 Å². The van der Waals surface area contributed by atoms with Crippen LogP contribution in [0.1, 0.15) is 24.0 Å². The van der Waals surface area contributed by atoms with Crippen LogP contribution in [0.25, 0.3) is 0 Å². The van der Waals surface area contributed by atoms with Crippen molar-refractivity contribution >= 4 is 39.3 Å². The maximum Gasteiger partial charge on any atom is 0.325 e. The van der Waals surface area contributed by atoms with Gasteiger partial charge in [0.05, 0.1) is 31.3 Å². The third-order valence-corrected chi connectivity index (χ3v) is 6.92. The molecule has 2 aliphatic rings. The largest absolute Gasteiger partial charge is 0.387 e. The van der Waals surface area contributed by atoms with Gasteiger partial charge in [-0.15, -0.1) is 4.40 Å². The first-order valence-corrected chi connectivity index (χ1v) is 12.3. The minimum atomic E-state index is -3.99. The molecule has 2 aliphatic heterocycles. The van der Waals surface area contributed by atoms with Crippen molar-refractivity contribution in [3.8, 4) is 0 Å². The molecule has 1 fully saturated rings. The lowest BCUT2D eigenvalue weighted by Gasteiger charge is -2.24. The Labute approximate surface area is 198 Å². The Kier molecular flexibility index (Phi) is 7.08. The van der Waals surface area contributed by atoms with Crippen molar-refractivity contribution in [1.29, 1.82) is 0 Å². The molecule has 1 unspecified atom stereocenters. The third kappa shape index (κ3) is 5.59. The number of hydrazone groups is 1. The highest BCUT2D eigenvalue weighted by Crippen LogP contribution is 2.30. The number of rotatable bonds is 4. The van der Waals surface area contributed by atoms with Gasteiger partial charge in [-0.2, -0.15) is 22.8 Å². The zero-order valence-electron chi connectivity index (χ0n) is 18.1. The maximum atomic E-state index is 13.0. The number of nitrogens with two attached hydrogens (primary N) is 1. The Morgan fingerprint density at radius 1 is 1.12 bits per heavy atom. The number of ether oxygens (including phenoxy) is 1. The van der Waals surface area contributed by atoms with Gasteiger partial charge in [-0.05, 0) is 30.2 Å². The van der Waals surface area contributed by atoms with Crippen LogP contribution in [0.3, 0.4) is 0 Å². The van der Waals surface area contributed by atoms with E-state index in [2.05, 4.69) is 9.39 Å². The number of hydrogen-bond acceptors (Lipinski definition) is 4. The van der Waals surface area contributed by atoms with E-state index in [1.807, 2.05) is 42.5 Å². The van der Waals surface area contributed by atoms with Gasteiger partial charge >= 0.3 is 10.2 Å². The molecule has 2 aromatic rings. The topological polar surface area (TPSA) is 113 Å². The summed E-state index contributed by atoms with van der Waals surface area (Å²) in [7, 11) is -3.99. The number of hydrogen-bond donors (Lipinski definition) is 1. The lowest BCUT2D eigenvalue weighted by atomic mass is 9.91. The fourth-order valence-electron chi connectivity index (χ4n) is 3.68. The molecular weight excluding hydrogens is 464 g/mol.